The van der Waals surface area contributed by atoms with Gasteiger partial charge in [-0.1, -0.05) is 29.8 Å². The molecule has 29 heavy (non-hydrogen) atoms. The third-order valence-electron chi connectivity index (χ3n) is 4.90. The molecule has 1 aliphatic rings. The zero-order valence-electron chi connectivity index (χ0n) is 15.2. The molecule has 6 nitrogen and oxygen atoms in total. The fourth-order valence-electron chi connectivity index (χ4n) is 3.10. The number of hydrogen-bond donors (Lipinski definition) is 2. The topological polar surface area (TPSA) is 84.2 Å². The summed E-state index contributed by atoms with van der Waals surface area (Å²) in [4.78, 5) is 25.7. The first-order valence-electron chi connectivity index (χ1n) is 9.07. The summed E-state index contributed by atoms with van der Waals surface area (Å²) in [5.74, 6) is -1.14. The van der Waals surface area contributed by atoms with Crippen molar-refractivity contribution >= 4 is 17.5 Å². The van der Waals surface area contributed by atoms with Gasteiger partial charge in [0.15, 0.2) is 0 Å². The molecule has 1 amide bonds. The number of hydrogen-bond acceptors (Lipinski definition) is 4. The second-order valence-electron chi connectivity index (χ2n) is 6.87. The Bertz CT molecular complexity index is 1130. The smallest absolute Gasteiger partial charge is 0.284 e. The summed E-state index contributed by atoms with van der Waals surface area (Å²) in [5, 5.41) is 17.3. The second kappa shape index (κ2) is 7.77. The SMILES string of the molecule is O=C(N[C@@H]1CC[C@H]1O)c1cc(-c2ccc(Cl)cc2)nn(-c2cccc(F)c2)c1=O. The van der Waals surface area contributed by atoms with Crippen molar-refractivity contribution < 1.29 is 14.3 Å². The molecule has 0 saturated heterocycles. The Kier molecular flexibility index (Phi) is 5.17. The first-order chi connectivity index (χ1) is 13.9. The number of carbonyl (C=O) groups is 1. The van der Waals surface area contributed by atoms with Gasteiger partial charge in [-0.15, -0.1) is 0 Å². The minimum Gasteiger partial charge on any atom is -0.391 e. The lowest BCUT2D eigenvalue weighted by atomic mass is 9.89. The Morgan fingerprint density at radius 2 is 1.93 bits per heavy atom. The van der Waals surface area contributed by atoms with Crippen LogP contribution in [0.1, 0.15) is 23.2 Å². The van der Waals surface area contributed by atoms with E-state index in [1.165, 1.54) is 24.3 Å². The van der Waals surface area contributed by atoms with Gasteiger partial charge >= 0.3 is 0 Å². The van der Waals surface area contributed by atoms with Crippen LogP contribution in [0.2, 0.25) is 5.02 Å². The van der Waals surface area contributed by atoms with Gasteiger partial charge in [0.2, 0.25) is 0 Å². The van der Waals surface area contributed by atoms with E-state index in [-0.39, 0.29) is 11.3 Å². The van der Waals surface area contributed by atoms with E-state index >= 15 is 0 Å². The number of aliphatic hydroxyl groups is 1. The molecule has 0 aliphatic heterocycles. The van der Waals surface area contributed by atoms with Gasteiger partial charge < -0.3 is 10.4 Å². The predicted octanol–water partition coefficient (Wildman–Crippen LogP) is 2.95. The quantitative estimate of drug-likeness (QED) is 0.688. The van der Waals surface area contributed by atoms with Crippen LogP contribution in [0, 0.1) is 5.82 Å². The van der Waals surface area contributed by atoms with Crippen LogP contribution in [-0.4, -0.2) is 32.9 Å². The minimum absolute atomic E-state index is 0.145. The highest BCUT2D eigenvalue weighted by Crippen LogP contribution is 2.22. The van der Waals surface area contributed by atoms with Crippen molar-refractivity contribution in [1.82, 2.24) is 15.1 Å². The molecule has 1 heterocycles. The van der Waals surface area contributed by atoms with Crippen molar-refractivity contribution in [3.63, 3.8) is 0 Å². The van der Waals surface area contributed by atoms with Crippen molar-refractivity contribution in [2.75, 3.05) is 0 Å². The van der Waals surface area contributed by atoms with E-state index in [2.05, 4.69) is 10.4 Å². The van der Waals surface area contributed by atoms with Gasteiger partial charge in [-0.25, -0.2) is 4.39 Å². The van der Waals surface area contributed by atoms with E-state index in [0.717, 1.165) is 10.7 Å². The maximum absolute atomic E-state index is 13.7. The molecule has 0 spiro atoms. The largest absolute Gasteiger partial charge is 0.391 e. The molecule has 3 aromatic rings. The lowest BCUT2D eigenvalue weighted by molar-refractivity contribution is 0.0447. The Morgan fingerprint density at radius 1 is 1.17 bits per heavy atom. The number of aliphatic hydroxyl groups excluding tert-OH is 1. The number of benzene rings is 2. The van der Waals surface area contributed by atoms with Crippen LogP contribution < -0.4 is 10.9 Å². The summed E-state index contributed by atoms with van der Waals surface area (Å²) in [7, 11) is 0. The third kappa shape index (κ3) is 3.92. The molecule has 1 aromatic heterocycles. The van der Waals surface area contributed by atoms with Crippen LogP contribution in [0.25, 0.3) is 16.9 Å². The minimum atomic E-state index is -0.681. The van der Waals surface area contributed by atoms with Crippen LogP contribution >= 0.6 is 11.6 Å². The highest BCUT2D eigenvalue weighted by Gasteiger charge is 2.31. The van der Waals surface area contributed by atoms with Crippen molar-refractivity contribution in [3.05, 3.63) is 81.4 Å². The van der Waals surface area contributed by atoms with Gasteiger partial charge in [0.05, 0.1) is 23.5 Å². The van der Waals surface area contributed by atoms with E-state index in [9.17, 15) is 19.1 Å². The molecule has 1 aliphatic carbocycles. The molecule has 1 fully saturated rings. The van der Waals surface area contributed by atoms with Gasteiger partial charge in [-0.2, -0.15) is 9.78 Å². The number of nitrogens with zero attached hydrogens (tertiary/aromatic N) is 2. The Balaban J connectivity index is 1.83. The molecular formula is C21H17ClFN3O3. The normalized spacial score (nSPS) is 18.2. The lowest BCUT2D eigenvalue weighted by Crippen LogP contribution is -2.51. The number of aromatic nitrogens is 2. The zero-order chi connectivity index (χ0) is 20.5. The molecule has 0 bridgehead atoms. The summed E-state index contributed by atoms with van der Waals surface area (Å²) in [6, 6.07) is 13.2. The number of amides is 1. The van der Waals surface area contributed by atoms with Gasteiger partial charge in [0, 0.05) is 10.6 Å². The molecule has 2 N–H and O–H groups in total. The number of carbonyl (C=O) groups excluding carboxylic acids is 1. The molecule has 4 rings (SSSR count). The zero-order valence-corrected chi connectivity index (χ0v) is 15.9. The van der Waals surface area contributed by atoms with Crippen molar-refractivity contribution in [2.45, 2.75) is 25.0 Å². The summed E-state index contributed by atoms with van der Waals surface area (Å²) in [6.07, 6.45) is 0.618. The molecule has 1 saturated carbocycles. The van der Waals surface area contributed by atoms with Crippen LogP contribution in [0.15, 0.2) is 59.4 Å². The average molecular weight is 414 g/mol. The molecule has 0 radical (unpaired) electrons. The van der Waals surface area contributed by atoms with E-state index in [1.54, 1.807) is 24.3 Å². The van der Waals surface area contributed by atoms with Gasteiger partial charge in [0.1, 0.15) is 11.4 Å². The number of nitrogens with one attached hydrogen (secondary N) is 1. The summed E-state index contributed by atoms with van der Waals surface area (Å²) in [5.41, 5.74) is 0.360. The van der Waals surface area contributed by atoms with Gasteiger partial charge in [0.25, 0.3) is 11.5 Å². The second-order valence-corrected chi connectivity index (χ2v) is 7.31. The van der Waals surface area contributed by atoms with Crippen LogP contribution in [0.4, 0.5) is 4.39 Å². The number of rotatable bonds is 4. The van der Waals surface area contributed by atoms with Crippen molar-refractivity contribution in [3.8, 4) is 16.9 Å². The first-order valence-corrected chi connectivity index (χ1v) is 9.45. The fourth-order valence-corrected chi connectivity index (χ4v) is 3.22. The Hall–Kier alpha value is -3.03. The molecule has 8 heteroatoms. The average Bonchev–Trinajstić information content (AvgIpc) is 2.71. The Morgan fingerprint density at radius 3 is 2.55 bits per heavy atom. The maximum Gasteiger partial charge on any atom is 0.284 e. The summed E-state index contributed by atoms with van der Waals surface area (Å²) < 4.78 is 14.7. The van der Waals surface area contributed by atoms with Crippen LogP contribution in [0.3, 0.4) is 0 Å². The first kappa shape index (κ1) is 19.3. The molecule has 0 unspecified atom stereocenters. The molecule has 2 aromatic carbocycles. The predicted molar refractivity (Wildman–Crippen MR) is 107 cm³/mol. The molecular weight excluding hydrogens is 397 g/mol. The lowest BCUT2D eigenvalue weighted by Gasteiger charge is -2.32. The number of halogens is 2. The van der Waals surface area contributed by atoms with Crippen LogP contribution in [-0.2, 0) is 0 Å². The molecule has 148 valence electrons. The Labute approximate surface area is 170 Å². The van der Waals surface area contributed by atoms with Crippen molar-refractivity contribution in [2.24, 2.45) is 0 Å². The van der Waals surface area contributed by atoms with Crippen LogP contribution in [0.5, 0.6) is 0 Å². The highest BCUT2D eigenvalue weighted by atomic mass is 35.5. The van der Waals surface area contributed by atoms with E-state index in [1.807, 2.05) is 0 Å². The fraction of sp³-hybridized carbons (Fsp3) is 0.190. The highest BCUT2D eigenvalue weighted by molar-refractivity contribution is 6.30. The maximum atomic E-state index is 13.7. The monoisotopic (exact) mass is 413 g/mol. The standard InChI is InChI=1S/C21H17ClFN3O3/c22-13-6-4-12(5-7-13)18-11-16(20(28)24-17-8-9-19(17)27)21(29)26(25-18)15-3-1-2-14(23)10-15/h1-7,10-11,17,19,27H,8-9H2,(H,24,28)/t17-,19-/m1/s1. The molecule has 2 atom stereocenters. The third-order valence-corrected chi connectivity index (χ3v) is 5.16. The van der Waals surface area contributed by atoms with Gasteiger partial charge in [-0.3, -0.25) is 9.59 Å². The summed E-state index contributed by atoms with van der Waals surface area (Å²) in [6.45, 7) is 0. The van der Waals surface area contributed by atoms with Gasteiger partial charge in [-0.05, 0) is 49.2 Å². The van der Waals surface area contributed by atoms with E-state index in [0.29, 0.717) is 29.1 Å². The van der Waals surface area contributed by atoms with E-state index in [4.69, 9.17) is 11.6 Å². The van der Waals surface area contributed by atoms with Crippen molar-refractivity contribution in [1.29, 1.82) is 0 Å². The van der Waals surface area contributed by atoms with E-state index < -0.39 is 29.4 Å². The summed E-state index contributed by atoms with van der Waals surface area (Å²) >= 11 is 5.94.